The highest BCUT2D eigenvalue weighted by molar-refractivity contribution is 5.22. The number of rotatable bonds is 9. The summed E-state index contributed by atoms with van der Waals surface area (Å²) in [5.74, 6) is -0.106. The van der Waals surface area contributed by atoms with Gasteiger partial charge in [-0.2, -0.15) is 0 Å². The Balaban J connectivity index is 2.28. The summed E-state index contributed by atoms with van der Waals surface area (Å²) >= 11 is 0. The molecule has 0 bridgehead atoms. The third-order valence-electron chi connectivity index (χ3n) is 3.66. The fourth-order valence-corrected chi connectivity index (χ4v) is 2.40. The molecule has 1 atom stereocenters. The van der Waals surface area contributed by atoms with E-state index < -0.39 is 29.0 Å². The van der Waals surface area contributed by atoms with E-state index in [4.69, 9.17) is 4.74 Å². The van der Waals surface area contributed by atoms with Crippen molar-refractivity contribution in [2.45, 2.75) is 25.7 Å². The number of aliphatic hydroxyl groups is 1. The normalized spacial score (nSPS) is 11.8. The number of hydrogen-bond acceptors (Lipinski definition) is 5. The van der Waals surface area contributed by atoms with E-state index in [1.54, 1.807) is 0 Å². The predicted octanol–water partition coefficient (Wildman–Crippen LogP) is 0.123. The van der Waals surface area contributed by atoms with Crippen molar-refractivity contribution in [3.8, 4) is 5.75 Å². The maximum Gasteiger partial charge on any atom is 0.336 e. The Hall–Kier alpha value is -3.20. The molecule has 2 aromatic rings. The van der Waals surface area contributed by atoms with E-state index in [0.717, 1.165) is 13.7 Å². The Morgan fingerprint density at radius 2 is 1.44 bits per heavy atom. The van der Waals surface area contributed by atoms with Gasteiger partial charge in [-0.1, -0.05) is 12.2 Å². The third kappa shape index (κ3) is 4.70. The molecule has 0 aliphatic rings. The zero-order valence-electron chi connectivity index (χ0n) is 14.6. The number of allylic oxidation sites excluding steroid dienone is 2. The molecular formula is C18H20FN3O5. The number of halogens is 1. The largest absolute Gasteiger partial charge is 0.491 e. The second kappa shape index (κ2) is 8.95. The van der Waals surface area contributed by atoms with Crippen LogP contribution in [0, 0.1) is 5.82 Å². The average molecular weight is 377 g/mol. The van der Waals surface area contributed by atoms with Crippen LogP contribution in [-0.2, 0) is 19.6 Å². The highest BCUT2D eigenvalue weighted by atomic mass is 19.1. The molecule has 2 rings (SSSR count). The van der Waals surface area contributed by atoms with Crippen molar-refractivity contribution in [1.29, 1.82) is 0 Å². The van der Waals surface area contributed by atoms with Crippen LogP contribution >= 0.6 is 0 Å². The van der Waals surface area contributed by atoms with Gasteiger partial charge in [-0.15, -0.1) is 13.2 Å². The van der Waals surface area contributed by atoms with Crippen molar-refractivity contribution in [3.05, 3.63) is 86.8 Å². The standard InChI is InChI=1S/C18H20FN3O5/c1-3-9-20-16(24)21(10-4-2)18(26)22(17(20)25)11-14(23)12-27-15-7-5-13(19)6-8-15/h3-8,14,23H,1-2,9-12H2/t14-/m1/s1. The van der Waals surface area contributed by atoms with Gasteiger partial charge in [-0.25, -0.2) is 32.5 Å². The van der Waals surface area contributed by atoms with Gasteiger partial charge in [-0.05, 0) is 24.3 Å². The lowest BCUT2D eigenvalue weighted by molar-refractivity contribution is 0.0888. The van der Waals surface area contributed by atoms with Crippen molar-refractivity contribution >= 4 is 0 Å². The molecule has 8 nitrogen and oxygen atoms in total. The molecule has 1 aromatic heterocycles. The molecule has 0 aliphatic carbocycles. The summed E-state index contributed by atoms with van der Waals surface area (Å²) in [7, 11) is 0. The summed E-state index contributed by atoms with van der Waals surface area (Å²) in [6.07, 6.45) is 1.49. The van der Waals surface area contributed by atoms with Crippen LogP contribution in [0.2, 0.25) is 0 Å². The molecule has 9 heteroatoms. The highest BCUT2D eigenvalue weighted by Gasteiger charge is 2.17. The molecule has 0 spiro atoms. The van der Waals surface area contributed by atoms with Gasteiger partial charge in [0.05, 0.1) is 19.6 Å². The molecule has 0 saturated carbocycles. The van der Waals surface area contributed by atoms with E-state index in [2.05, 4.69) is 13.2 Å². The van der Waals surface area contributed by atoms with E-state index in [-0.39, 0.29) is 26.2 Å². The smallest absolute Gasteiger partial charge is 0.336 e. The molecule has 0 unspecified atom stereocenters. The Morgan fingerprint density at radius 1 is 0.963 bits per heavy atom. The fraction of sp³-hybridized carbons (Fsp3) is 0.278. The van der Waals surface area contributed by atoms with Crippen molar-refractivity contribution in [3.63, 3.8) is 0 Å². The number of hydrogen-bond donors (Lipinski definition) is 1. The van der Waals surface area contributed by atoms with Crippen LogP contribution in [0.3, 0.4) is 0 Å². The van der Waals surface area contributed by atoms with Gasteiger partial charge in [0, 0.05) is 0 Å². The minimum absolute atomic E-state index is 0.0860. The van der Waals surface area contributed by atoms with E-state index in [9.17, 15) is 23.9 Å². The first-order valence-electron chi connectivity index (χ1n) is 8.11. The first-order valence-corrected chi connectivity index (χ1v) is 8.11. The van der Waals surface area contributed by atoms with Crippen LogP contribution in [0.4, 0.5) is 4.39 Å². The van der Waals surface area contributed by atoms with Gasteiger partial charge in [0.2, 0.25) is 0 Å². The van der Waals surface area contributed by atoms with E-state index in [0.29, 0.717) is 5.75 Å². The molecular weight excluding hydrogens is 357 g/mol. The van der Waals surface area contributed by atoms with Gasteiger partial charge in [0.1, 0.15) is 24.3 Å². The third-order valence-corrected chi connectivity index (χ3v) is 3.66. The van der Waals surface area contributed by atoms with Crippen LogP contribution in [0.15, 0.2) is 64.0 Å². The minimum Gasteiger partial charge on any atom is -0.491 e. The van der Waals surface area contributed by atoms with Crippen LogP contribution < -0.4 is 21.8 Å². The first kappa shape index (κ1) is 20.1. The van der Waals surface area contributed by atoms with Gasteiger partial charge >= 0.3 is 17.1 Å². The second-order valence-electron chi connectivity index (χ2n) is 5.68. The van der Waals surface area contributed by atoms with Crippen molar-refractivity contribution in [2.24, 2.45) is 0 Å². The number of ether oxygens (including phenoxy) is 1. The Morgan fingerprint density at radius 3 is 1.93 bits per heavy atom. The van der Waals surface area contributed by atoms with Gasteiger partial charge < -0.3 is 9.84 Å². The monoisotopic (exact) mass is 377 g/mol. The summed E-state index contributed by atoms with van der Waals surface area (Å²) < 4.78 is 20.6. The zero-order chi connectivity index (χ0) is 20.0. The Kier molecular flexibility index (Phi) is 6.67. The summed E-state index contributed by atoms with van der Waals surface area (Å²) in [6.45, 7) is 6.18. The molecule has 0 radical (unpaired) electrons. The zero-order valence-corrected chi connectivity index (χ0v) is 14.6. The van der Waals surface area contributed by atoms with Gasteiger partial charge in [0.15, 0.2) is 0 Å². The SMILES string of the molecule is C=CCn1c(=O)n(CC=C)c(=O)n(C[C@@H](O)COc2ccc(F)cc2)c1=O. The second-order valence-corrected chi connectivity index (χ2v) is 5.68. The minimum atomic E-state index is -1.22. The Bertz CT molecular complexity index is 940. The van der Waals surface area contributed by atoms with Crippen LogP contribution in [-0.4, -0.2) is 31.5 Å². The molecule has 1 aromatic carbocycles. The fourth-order valence-electron chi connectivity index (χ4n) is 2.40. The summed E-state index contributed by atoms with van der Waals surface area (Å²) in [4.78, 5) is 37.2. The van der Waals surface area contributed by atoms with Crippen LogP contribution in [0.5, 0.6) is 5.75 Å². The lowest BCUT2D eigenvalue weighted by atomic mass is 10.3. The maximum atomic E-state index is 12.9. The van der Waals surface area contributed by atoms with Crippen LogP contribution in [0.1, 0.15) is 0 Å². The molecule has 0 fully saturated rings. The topological polar surface area (TPSA) is 95.5 Å². The van der Waals surface area contributed by atoms with E-state index in [1.165, 1.54) is 36.4 Å². The molecule has 27 heavy (non-hydrogen) atoms. The first-order chi connectivity index (χ1) is 12.9. The van der Waals surface area contributed by atoms with Crippen LogP contribution in [0.25, 0.3) is 0 Å². The molecule has 144 valence electrons. The van der Waals surface area contributed by atoms with E-state index >= 15 is 0 Å². The number of aliphatic hydroxyl groups excluding tert-OH is 1. The lowest BCUT2D eigenvalue weighted by Crippen LogP contribution is -2.55. The van der Waals surface area contributed by atoms with Crippen molar-refractivity contribution in [1.82, 2.24) is 13.7 Å². The average Bonchev–Trinajstić information content (AvgIpc) is 2.65. The number of aromatic nitrogens is 3. The predicted molar refractivity (Wildman–Crippen MR) is 97.5 cm³/mol. The summed E-state index contributed by atoms with van der Waals surface area (Å²) in [6, 6.07) is 5.17. The van der Waals surface area contributed by atoms with Gasteiger partial charge in [0.25, 0.3) is 0 Å². The van der Waals surface area contributed by atoms with E-state index in [1.807, 2.05) is 0 Å². The lowest BCUT2D eigenvalue weighted by Gasteiger charge is -2.16. The molecule has 0 amide bonds. The molecule has 1 heterocycles. The molecule has 1 N–H and O–H groups in total. The summed E-state index contributed by atoms with van der Waals surface area (Å²) in [5.41, 5.74) is -2.49. The summed E-state index contributed by atoms with van der Waals surface area (Å²) in [5, 5.41) is 10.1. The van der Waals surface area contributed by atoms with Crippen molar-refractivity contribution < 1.29 is 14.2 Å². The quantitative estimate of drug-likeness (QED) is 0.627. The molecule has 0 aliphatic heterocycles. The number of benzene rings is 1. The highest BCUT2D eigenvalue weighted by Crippen LogP contribution is 2.11. The molecule has 0 saturated heterocycles. The van der Waals surface area contributed by atoms with Gasteiger partial charge in [-0.3, -0.25) is 0 Å². The van der Waals surface area contributed by atoms with Crippen molar-refractivity contribution in [2.75, 3.05) is 6.61 Å². The maximum absolute atomic E-state index is 12.9. The number of nitrogens with zero attached hydrogens (tertiary/aromatic N) is 3. The Labute approximate surface area is 153 Å².